The van der Waals surface area contributed by atoms with Crippen LogP contribution in [0.2, 0.25) is 0 Å². The Balaban J connectivity index is 1.14. The standard InChI is InChI=1S/C37H46N10O7/c1-19(2)28(44-36(51)53-5)34(49)46-13-7-9-26(46)31-40-18-25(43-31)30(48)33-38-16-22(17-39-33)21-11-12-23-24(15-21)42-32(41-23)27-10-8-14-47(27)35(50)29(20(3)4)45-37(52)54-6/h11-12,15-20,26-29H,7-10,13-14H2,1-6H3,(H,40,43)(H,41,42)(H,44,51)(H,45,52). The quantitative estimate of drug-likeness (QED) is 0.161. The van der Waals surface area contributed by atoms with Gasteiger partial charge in [-0.1, -0.05) is 33.8 Å². The third-order valence-corrected chi connectivity index (χ3v) is 10.0. The molecule has 17 heteroatoms. The molecule has 2 aliphatic rings. The number of rotatable bonds is 11. The lowest BCUT2D eigenvalue weighted by Crippen LogP contribution is -2.51. The molecular formula is C37H46N10O7. The lowest BCUT2D eigenvalue weighted by molar-refractivity contribution is -0.136. The number of amides is 4. The molecule has 5 heterocycles. The molecule has 0 spiro atoms. The van der Waals surface area contributed by atoms with Gasteiger partial charge in [0, 0.05) is 31.0 Å². The molecule has 0 saturated carbocycles. The maximum absolute atomic E-state index is 13.6. The highest BCUT2D eigenvalue weighted by atomic mass is 16.5. The van der Waals surface area contributed by atoms with E-state index in [0.717, 1.165) is 35.9 Å². The lowest BCUT2D eigenvalue weighted by Gasteiger charge is -2.29. The number of carbonyl (C=O) groups is 5. The molecule has 4 unspecified atom stereocenters. The number of ketones is 1. The highest BCUT2D eigenvalue weighted by molar-refractivity contribution is 6.05. The SMILES string of the molecule is COC(=O)NC(C(=O)N1CCCC1c1ncc(C(=O)c2ncc(-c3ccc4nc(C5CCCN5C(=O)C(NC(=O)OC)C(C)C)[nH]c4c3)cn2)[nH]1)C(C)C. The Kier molecular flexibility index (Phi) is 11.2. The third kappa shape index (κ3) is 7.75. The number of alkyl carbamates (subject to hydrolysis) is 2. The molecule has 4 aromatic rings. The van der Waals surface area contributed by atoms with E-state index in [9.17, 15) is 24.0 Å². The van der Waals surface area contributed by atoms with Crippen LogP contribution in [0.5, 0.6) is 0 Å². The largest absolute Gasteiger partial charge is 0.453 e. The van der Waals surface area contributed by atoms with Crippen molar-refractivity contribution in [2.75, 3.05) is 27.3 Å². The summed E-state index contributed by atoms with van der Waals surface area (Å²) in [6.07, 6.45) is 6.16. The summed E-state index contributed by atoms with van der Waals surface area (Å²) >= 11 is 0. The summed E-state index contributed by atoms with van der Waals surface area (Å²) in [6.45, 7) is 8.48. The number of likely N-dealkylation sites (tertiary alicyclic amines) is 2. The Morgan fingerprint density at radius 1 is 0.741 bits per heavy atom. The van der Waals surface area contributed by atoms with Gasteiger partial charge >= 0.3 is 12.2 Å². The number of fused-ring (bicyclic) bond motifs is 1. The minimum atomic E-state index is -0.772. The number of methoxy groups -OCH3 is 2. The van der Waals surface area contributed by atoms with Crippen LogP contribution in [0, 0.1) is 11.8 Å². The highest BCUT2D eigenvalue weighted by Gasteiger charge is 2.39. The fraction of sp³-hybridized carbons (Fsp3) is 0.486. The first-order chi connectivity index (χ1) is 25.9. The number of aromatic nitrogens is 6. The van der Waals surface area contributed by atoms with Crippen molar-refractivity contribution in [3.8, 4) is 11.1 Å². The highest BCUT2D eigenvalue weighted by Crippen LogP contribution is 2.34. The predicted octanol–water partition coefficient (Wildman–Crippen LogP) is 4.06. The zero-order chi connectivity index (χ0) is 38.7. The molecule has 4 amide bonds. The number of hydrogen-bond acceptors (Lipinski definition) is 11. The van der Waals surface area contributed by atoms with Crippen LogP contribution in [0.3, 0.4) is 0 Å². The molecule has 0 aliphatic carbocycles. The summed E-state index contributed by atoms with van der Waals surface area (Å²) in [5, 5.41) is 5.30. The maximum Gasteiger partial charge on any atom is 0.407 e. The van der Waals surface area contributed by atoms with Crippen LogP contribution < -0.4 is 10.6 Å². The van der Waals surface area contributed by atoms with Crippen molar-refractivity contribution in [3.63, 3.8) is 0 Å². The van der Waals surface area contributed by atoms with E-state index in [-0.39, 0.29) is 41.2 Å². The molecule has 0 radical (unpaired) electrons. The molecule has 2 aliphatic heterocycles. The van der Waals surface area contributed by atoms with Crippen molar-refractivity contribution in [2.45, 2.75) is 77.5 Å². The zero-order valence-electron chi connectivity index (χ0n) is 31.2. The summed E-state index contributed by atoms with van der Waals surface area (Å²) in [7, 11) is 2.52. The fourth-order valence-electron chi connectivity index (χ4n) is 7.09. The molecule has 6 rings (SSSR count). The van der Waals surface area contributed by atoms with Crippen LogP contribution >= 0.6 is 0 Å². The van der Waals surface area contributed by atoms with Crippen LogP contribution in [0.4, 0.5) is 9.59 Å². The predicted molar refractivity (Wildman–Crippen MR) is 195 cm³/mol. The molecular weight excluding hydrogens is 696 g/mol. The van der Waals surface area contributed by atoms with Crippen LogP contribution in [0.1, 0.15) is 93.4 Å². The second kappa shape index (κ2) is 16.0. The van der Waals surface area contributed by atoms with E-state index >= 15 is 0 Å². The zero-order valence-corrected chi connectivity index (χ0v) is 31.2. The van der Waals surface area contributed by atoms with Gasteiger partial charge < -0.3 is 39.9 Å². The molecule has 3 aromatic heterocycles. The molecule has 54 heavy (non-hydrogen) atoms. The number of nitrogens with zero attached hydrogens (tertiary/aromatic N) is 6. The van der Waals surface area contributed by atoms with Gasteiger partial charge in [-0.15, -0.1) is 0 Å². The van der Waals surface area contributed by atoms with E-state index in [4.69, 9.17) is 14.5 Å². The van der Waals surface area contributed by atoms with Crippen molar-refractivity contribution in [3.05, 3.63) is 60.0 Å². The van der Waals surface area contributed by atoms with Gasteiger partial charge in [0.15, 0.2) is 0 Å². The number of carbonyl (C=O) groups excluding carboxylic acids is 5. The Morgan fingerprint density at radius 2 is 1.30 bits per heavy atom. The number of nitrogens with one attached hydrogen (secondary N) is 4. The molecule has 286 valence electrons. The molecule has 0 bridgehead atoms. The Hall–Kier alpha value is -5.87. The Morgan fingerprint density at radius 3 is 1.83 bits per heavy atom. The van der Waals surface area contributed by atoms with Gasteiger partial charge in [0.1, 0.15) is 29.4 Å². The monoisotopic (exact) mass is 742 g/mol. The fourth-order valence-corrected chi connectivity index (χ4v) is 7.09. The molecule has 2 saturated heterocycles. The summed E-state index contributed by atoms with van der Waals surface area (Å²) in [4.78, 5) is 92.2. The van der Waals surface area contributed by atoms with E-state index < -0.39 is 36.1 Å². The van der Waals surface area contributed by atoms with Crippen molar-refractivity contribution in [1.29, 1.82) is 0 Å². The first-order valence-corrected chi connectivity index (χ1v) is 18.1. The molecule has 17 nitrogen and oxygen atoms in total. The lowest BCUT2D eigenvalue weighted by atomic mass is 10.0. The summed E-state index contributed by atoms with van der Waals surface area (Å²) in [6, 6.07) is 3.52. The van der Waals surface area contributed by atoms with Gasteiger partial charge in [-0.25, -0.2) is 29.5 Å². The smallest absolute Gasteiger partial charge is 0.407 e. The van der Waals surface area contributed by atoms with Crippen molar-refractivity contribution < 1.29 is 33.4 Å². The van der Waals surface area contributed by atoms with Crippen LogP contribution in [0.25, 0.3) is 22.2 Å². The summed E-state index contributed by atoms with van der Waals surface area (Å²) in [5.41, 5.74) is 3.17. The first kappa shape index (κ1) is 37.9. The number of aromatic amines is 2. The molecule has 2 fully saturated rings. The Labute approximate surface area is 312 Å². The number of H-pyrrole nitrogens is 2. The number of ether oxygens (including phenoxy) is 2. The van der Waals surface area contributed by atoms with E-state index in [1.807, 2.05) is 45.9 Å². The van der Waals surface area contributed by atoms with Gasteiger partial charge in [0.05, 0.1) is 43.5 Å². The normalized spacial score (nSPS) is 18.2. The van der Waals surface area contributed by atoms with Crippen LogP contribution in [-0.2, 0) is 19.1 Å². The van der Waals surface area contributed by atoms with Gasteiger partial charge in [-0.3, -0.25) is 14.4 Å². The van der Waals surface area contributed by atoms with Gasteiger partial charge in [-0.2, -0.15) is 0 Å². The number of imidazole rings is 2. The molecule has 4 atom stereocenters. The van der Waals surface area contributed by atoms with Gasteiger partial charge in [-0.05, 0) is 55.2 Å². The topological polar surface area (TPSA) is 217 Å². The maximum atomic E-state index is 13.6. The first-order valence-electron chi connectivity index (χ1n) is 18.1. The minimum Gasteiger partial charge on any atom is -0.453 e. The molecule has 1 aromatic carbocycles. The van der Waals surface area contributed by atoms with Crippen LogP contribution in [-0.4, -0.2) is 109 Å². The van der Waals surface area contributed by atoms with Crippen LogP contribution in [0.15, 0.2) is 36.8 Å². The second-order valence-electron chi connectivity index (χ2n) is 14.3. The van der Waals surface area contributed by atoms with E-state index in [0.29, 0.717) is 36.7 Å². The second-order valence-corrected chi connectivity index (χ2v) is 14.3. The minimum absolute atomic E-state index is 0.0206. The molecule has 4 N–H and O–H groups in total. The summed E-state index contributed by atoms with van der Waals surface area (Å²) < 4.78 is 9.45. The van der Waals surface area contributed by atoms with Crippen molar-refractivity contribution in [1.82, 2.24) is 50.3 Å². The number of hydrogen-bond donors (Lipinski definition) is 4. The average molecular weight is 743 g/mol. The van der Waals surface area contributed by atoms with Gasteiger partial charge in [0.25, 0.3) is 0 Å². The number of benzene rings is 1. The van der Waals surface area contributed by atoms with Gasteiger partial charge in [0.2, 0.25) is 23.4 Å². The van der Waals surface area contributed by atoms with E-state index in [2.05, 4.69) is 35.6 Å². The van der Waals surface area contributed by atoms with E-state index in [1.54, 1.807) is 22.2 Å². The average Bonchev–Trinajstić information content (AvgIpc) is 4.00. The van der Waals surface area contributed by atoms with Crippen molar-refractivity contribution in [2.24, 2.45) is 11.8 Å². The van der Waals surface area contributed by atoms with E-state index in [1.165, 1.54) is 20.4 Å². The third-order valence-electron chi connectivity index (χ3n) is 10.0. The van der Waals surface area contributed by atoms with Crippen molar-refractivity contribution >= 4 is 40.8 Å². The Bertz CT molecular complexity index is 2020. The summed E-state index contributed by atoms with van der Waals surface area (Å²) in [5.74, 6) is -0.0824.